The van der Waals surface area contributed by atoms with Crippen LogP contribution in [0.25, 0.3) is 0 Å². The van der Waals surface area contributed by atoms with E-state index in [0.29, 0.717) is 6.61 Å². The van der Waals surface area contributed by atoms with Crippen LogP contribution in [0.15, 0.2) is 48.5 Å². The van der Waals surface area contributed by atoms with Crippen LogP contribution in [0.3, 0.4) is 0 Å². The molecule has 34 heavy (non-hydrogen) atoms. The van der Waals surface area contributed by atoms with Crippen molar-refractivity contribution < 1.29 is 14.3 Å². The fraction of sp³-hybridized carbons (Fsp3) is 0.552. The van der Waals surface area contributed by atoms with E-state index in [1.807, 2.05) is 48.5 Å². The number of amides is 1. The second-order valence-electron chi connectivity index (χ2n) is 10.4. The number of carbonyl (C=O) groups is 1. The van der Waals surface area contributed by atoms with E-state index < -0.39 is 5.41 Å². The van der Waals surface area contributed by atoms with E-state index in [0.717, 1.165) is 79.9 Å². The van der Waals surface area contributed by atoms with Crippen molar-refractivity contribution in [3.63, 3.8) is 0 Å². The highest BCUT2D eigenvalue weighted by Gasteiger charge is 2.41. The molecule has 2 fully saturated rings. The molecule has 184 valence electrons. The van der Waals surface area contributed by atoms with E-state index in [1.54, 1.807) is 7.11 Å². The van der Waals surface area contributed by atoms with Crippen LogP contribution < -0.4 is 14.8 Å². The number of rotatable bonds is 8. The topological polar surface area (TPSA) is 50.8 Å². The third-order valence-electron chi connectivity index (χ3n) is 7.52. The number of likely N-dealkylation sites (tertiary alicyclic amines) is 1. The van der Waals surface area contributed by atoms with Gasteiger partial charge in [-0.25, -0.2) is 0 Å². The van der Waals surface area contributed by atoms with Gasteiger partial charge in [-0.05, 0) is 73.1 Å². The Bertz CT molecular complexity index is 909. The minimum atomic E-state index is -0.484. The van der Waals surface area contributed by atoms with Gasteiger partial charge in [-0.1, -0.05) is 45.2 Å². The van der Waals surface area contributed by atoms with Crippen LogP contribution in [-0.2, 0) is 10.2 Å². The molecule has 1 amide bonds. The van der Waals surface area contributed by atoms with Crippen LogP contribution >= 0.6 is 0 Å². The summed E-state index contributed by atoms with van der Waals surface area (Å²) in [6, 6.07) is 15.8. The van der Waals surface area contributed by atoms with Crippen molar-refractivity contribution in [1.29, 1.82) is 0 Å². The average molecular weight is 465 g/mol. The van der Waals surface area contributed by atoms with Gasteiger partial charge in [0.2, 0.25) is 5.91 Å². The van der Waals surface area contributed by atoms with Gasteiger partial charge in [0.15, 0.2) is 0 Å². The van der Waals surface area contributed by atoms with Gasteiger partial charge in [-0.3, -0.25) is 9.69 Å². The van der Waals surface area contributed by atoms with Crippen molar-refractivity contribution in [2.75, 3.05) is 38.7 Å². The number of methoxy groups -OCH3 is 1. The quantitative estimate of drug-likeness (QED) is 0.529. The largest absolute Gasteiger partial charge is 0.497 e. The minimum Gasteiger partial charge on any atom is -0.497 e. The Morgan fingerprint density at radius 3 is 2.18 bits per heavy atom. The first kappa shape index (κ1) is 24.6. The smallest absolute Gasteiger partial charge is 0.235 e. The van der Waals surface area contributed by atoms with Gasteiger partial charge in [0.05, 0.1) is 12.5 Å². The first-order chi connectivity index (χ1) is 16.5. The van der Waals surface area contributed by atoms with Crippen molar-refractivity contribution in [1.82, 2.24) is 4.90 Å². The highest BCUT2D eigenvalue weighted by atomic mass is 16.5. The molecule has 2 aromatic rings. The SMILES string of the molecule is COc1ccc(C2(C(=O)Nc3ccc(OCCN4C[C@H](C)C[C@@H](C)C4)cc3)CCCCC2)cc1. The van der Waals surface area contributed by atoms with E-state index in [2.05, 4.69) is 24.1 Å². The first-order valence-electron chi connectivity index (χ1n) is 12.9. The van der Waals surface area contributed by atoms with Crippen molar-refractivity contribution in [3.05, 3.63) is 54.1 Å². The molecule has 1 aliphatic heterocycles. The number of anilines is 1. The predicted octanol–water partition coefficient (Wildman–Crippen LogP) is 5.89. The van der Waals surface area contributed by atoms with E-state index in [-0.39, 0.29) is 5.91 Å². The standard InChI is InChI=1S/C29H40N2O3/c1-22-19-23(2)21-31(20-22)17-18-34-27-13-9-25(10-14-27)30-28(32)29(15-5-4-6-16-29)24-7-11-26(33-3)12-8-24/h7-14,22-23H,4-6,15-21H2,1-3H3,(H,30,32)/t22-,23-/m1/s1. The summed E-state index contributed by atoms with van der Waals surface area (Å²) < 4.78 is 11.3. The maximum absolute atomic E-state index is 13.6. The number of nitrogens with zero attached hydrogens (tertiary/aromatic N) is 1. The zero-order chi connectivity index (χ0) is 24.0. The number of hydrogen-bond donors (Lipinski definition) is 1. The third-order valence-corrected chi connectivity index (χ3v) is 7.52. The van der Waals surface area contributed by atoms with Gasteiger partial charge in [-0.15, -0.1) is 0 Å². The van der Waals surface area contributed by atoms with Gasteiger partial charge in [-0.2, -0.15) is 0 Å². The highest BCUT2D eigenvalue weighted by Crippen LogP contribution is 2.41. The Morgan fingerprint density at radius 1 is 0.941 bits per heavy atom. The Hall–Kier alpha value is -2.53. The third kappa shape index (κ3) is 5.93. The fourth-order valence-electron chi connectivity index (χ4n) is 5.86. The molecular formula is C29H40N2O3. The fourth-order valence-corrected chi connectivity index (χ4v) is 5.86. The summed E-state index contributed by atoms with van der Waals surface area (Å²) in [5.74, 6) is 3.27. The van der Waals surface area contributed by atoms with Crippen LogP contribution in [0.5, 0.6) is 11.5 Å². The minimum absolute atomic E-state index is 0.0828. The van der Waals surface area contributed by atoms with Gasteiger partial charge in [0.1, 0.15) is 18.1 Å². The molecule has 1 saturated carbocycles. The van der Waals surface area contributed by atoms with Gasteiger partial charge in [0, 0.05) is 25.3 Å². The summed E-state index contributed by atoms with van der Waals surface area (Å²) in [4.78, 5) is 16.1. The number of hydrogen-bond acceptors (Lipinski definition) is 4. The Labute approximate surface area is 204 Å². The monoisotopic (exact) mass is 464 g/mol. The molecule has 0 spiro atoms. The molecule has 5 heteroatoms. The molecule has 0 bridgehead atoms. The summed E-state index contributed by atoms with van der Waals surface area (Å²) in [6.07, 6.45) is 6.40. The summed E-state index contributed by atoms with van der Waals surface area (Å²) in [6.45, 7) is 8.64. The molecule has 1 saturated heterocycles. The molecular weight excluding hydrogens is 424 g/mol. The molecule has 1 aliphatic carbocycles. The van der Waals surface area contributed by atoms with Crippen molar-refractivity contribution in [3.8, 4) is 11.5 Å². The second-order valence-corrected chi connectivity index (χ2v) is 10.4. The molecule has 0 unspecified atom stereocenters. The van der Waals surface area contributed by atoms with E-state index in [9.17, 15) is 4.79 Å². The number of nitrogens with one attached hydrogen (secondary N) is 1. The van der Waals surface area contributed by atoms with Crippen molar-refractivity contribution in [2.45, 2.75) is 57.8 Å². The zero-order valence-corrected chi connectivity index (χ0v) is 21.0. The number of carbonyl (C=O) groups excluding carboxylic acids is 1. The second kappa shape index (κ2) is 11.3. The van der Waals surface area contributed by atoms with Crippen LogP contribution in [0.1, 0.15) is 57.9 Å². The Kier molecular flexibility index (Phi) is 8.15. The molecule has 1 heterocycles. The van der Waals surface area contributed by atoms with Crippen LogP contribution in [0.2, 0.25) is 0 Å². The van der Waals surface area contributed by atoms with Crippen molar-refractivity contribution in [2.24, 2.45) is 11.8 Å². The van der Waals surface area contributed by atoms with E-state index >= 15 is 0 Å². The van der Waals surface area contributed by atoms with Crippen LogP contribution in [0, 0.1) is 11.8 Å². The molecule has 2 aliphatic rings. The zero-order valence-electron chi connectivity index (χ0n) is 21.0. The summed E-state index contributed by atoms with van der Waals surface area (Å²) in [7, 11) is 1.67. The van der Waals surface area contributed by atoms with Crippen molar-refractivity contribution >= 4 is 11.6 Å². The predicted molar refractivity (Wildman–Crippen MR) is 138 cm³/mol. The summed E-state index contributed by atoms with van der Waals surface area (Å²) >= 11 is 0. The molecule has 2 aromatic carbocycles. The average Bonchev–Trinajstić information content (AvgIpc) is 2.85. The normalized spacial score (nSPS) is 22.7. The number of ether oxygens (including phenoxy) is 2. The molecule has 0 aromatic heterocycles. The van der Waals surface area contributed by atoms with E-state index in [4.69, 9.17) is 9.47 Å². The summed E-state index contributed by atoms with van der Waals surface area (Å²) in [5, 5.41) is 3.19. The molecule has 1 N–H and O–H groups in total. The van der Waals surface area contributed by atoms with Gasteiger partial charge >= 0.3 is 0 Å². The molecule has 0 radical (unpaired) electrons. The number of benzene rings is 2. The lowest BCUT2D eigenvalue weighted by molar-refractivity contribution is -0.122. The lowest BCUT2D eigenvalue weighted by Crippen LogP contribution is -2.42. The highest BCUT2D eigenvalue weighted by molar-refractivity contribution is 5.99. The van der Waals surface area contributed by atoms with Crippen LogP contribution in [-0.4, -0.2) is 44.2 Å². The van der Waals surface area contributed by atoms with Gasteiger partial charge < -0.3 is 14.8 Å². The lowest BCUT2D eigenvalue weighted by Gasteiger charge is -2.36. The Morgan fingerprint density at radius 2 is 1.56 bits per heavy atom. The summed E-state index contributed by atoms with van der Waals surface area (Å²) in [5.41, 5.74) is 1.41. The van der Waals surface area contributed by atoms with E-state index in [1.165, 1.54) is 12.8 Å². The maximum atomic E-state index is 13.6. The Balaban J connectivity index is 1.35. The molecule has 4 rings (SSSR count). The molecule has 2 atom stereocenters. The van der Waals surface area contributed by atoms with Gasteiger partial charge in [0.25, 0.3) is 0 Å². The molecule has 5 nitrogen and oxygen atoms in total. The maximum Gasteiger partial charge on any atom is 0.235 e. The first-order valence-corrected chi connectivity index (χ1v) is 12.9. The lowest BCUT2D eigenvalue weighted by atomic mass is 9.68. The number of piperidine rings is 1. The van der Waals surface area contributed by atoms with Crippen LogP contribution in [0.4, 0.5) is 5.69 Å².